The van der Waals surface area contributed by atoms with Gasteiger partial charge in [0.2, 0.25) is 0 Å². The van der Waals surface area contributed by atoms with Crippen LogP contribution in [0.3, 0.4) is 0 Å². The van der Waals surface area contributed by atoms with Gasteiger partial charge in [-0.3, -0.25) is 0 Å². The third kappa shape index (κ3) is 6.06. The molecule has 68 heavy (non-hydrogen) atoms. The van der Waals surface area contributed by atoms with Gasteiger partial charge in [0.25, 0.3) is 0 Å². The molecule has 0 saturated heterocycles. The molecule has 0 bridgehead atoms. The molecule has 0 N–H and O–H groups in total. The van der Waals surface area contributed by atoms with Gasteiger partial charge < -0.3 is 18.6 Å². The maximum Gasteiger partial charge on any atom is 0.159 e. The van der Waals surface area contributed by atoms with E-state index in [1.54, 1.807) is 0 Å². The van der Waals surface area contributed by atoms with E-state index in [4.69, 9.17) is 8.83 Å². The third-order valence-electron chi connectivity index (χ3n) is 15.8. The van der Waals surface area contributed by atoms with E-state index in [-0.39, 0.29) is 0 Å². The van der Waals surface area contributed by atoms with Gasteiger partial charge in [0.15, 0.2) is 11.2 Å². The van der Waals surface area contributed by atoms with Crippen molar-refractivity contribution in [3.8, 4) is 0 Å². The van der Waals surface area contributed by atoms with Crippen LogP contribution in [0, 0.1) is 13.8 Å². The standard InChI is InChI=1S/C64H52N2O2/c1-39-15-11-21-43(35-39)65(55-27-13-25-49-45-23-7-9-29-59(45)67-63(49)55)57-37-53(41-17-3-4-18-41)47-32-34-52-58(38-54(42-19-5-6-20-42)48-31-33-51(57)61(47)62(48)52)66(44-22-12-16-40(2)36-44)56-28-14-26-50-46-24-8-10-30-60(46)68-64(50)56/h7-16,21-38,41-42H,3-6,17-20H2,1-2H3. The van der Waals surface area contributed by atoms with Gasteiger partial charge in [-0.1, -0.05) is 135 Å². The molecule has 12 aromatic rings. The van der Waals surface area contributed by atoms with Crippen LogP contribution in [0.1, 0.15) is 85.5 Å². The Bertz CT molecular complexity index is 3680. The second kappa shape index (κ2) is 15.5. The Kier molecular flexibility index (Phi) is 9.03. The summed E-state index contributed by atoms with van der Waals surface area (Å²) in [4.78, 5) is 5.03. The van der Waals surface area contributed by atoms with E-state index in [1.807, 2.05) is 0 Å². The van der Waals surface area contributed by atoms with Crippen LogP contribution in [0.2, 0.25) is 0 Å². The van der Waals surface area contributed by atoms with Gasteiger partial charge in [-0.05, 0) is 156 Å². The average molecular weight is 881 g/mol. The van der Waals surface area contributed by atoms with Crippen molar-refractivity contribution in [2.45, 2.75) is 77.0 Å². The number of anilines is 6. The summed E-state index contributed by atoms with van der Waals surface area (Å²) in [5.74, 6) is 0.950. The predicted octanol–water partition coefficient (Wildman–Crippen LogP) is 19.3. The van der Waals surface area contributed by atoms with Crippen molar-refractivity contribution in [1.82, 2.24) is 0 Å². The fourth-order valence-electron chi connectivity index (χ4n) is 12.7. The minimum absolute atomic E-state index is 0.475. The molecule has 0 spiro atoms. The second-order valence-corrected chi connectivity index (χ2v) is 19.9. The SMILES string of the molecule is Cc1cccc(N(c2cc(C3CCCC3)c3ccc4c(N(c5cccc(C)c5)c5cccc6c5oc5ccccc56)cc(C5CCCC5)c5ccc2c3c54)c2cccc3c2oc2ccccc23)c1. The maximum atomic E-state index is 6.90. The molecule has 2 aliphatic carbocycles. The summed E-state index contributed by atoms with van der Waals surface area (Å²) in [6, 6.07) is 63.4. The Hall–Kier alpha value is -7.56. The van der Waals surface area contributed by atoms with Crippen LogP contribution in [0.4, 0.5) is 34.1 Å². The van der Waals surface area contributed by atoms with E-state index in [2.05, 4.69) is 194 Å². The molecule has 0 radical (unpaired) electrons. The van der Waals surface area contributed by atoms with Crippen LogP contribution < -0.4 is 9.80 Å². The molecule has 0 aliphatic heterocycles. The lowest BCUT2D eigenvalue weighted by atomic mass is 9.82. The monoisotopic (exact) mass is 880 g/mol. The molecule has 10 aromatic carbocycles. The van der Waals surface area contributed by atoms with Gasteiger partial charge in [0, 0.05) is 43.7 Å². The zero-order valence-electron chi connectivity index (χ0n) is 38.7. The van der Waals surface area contributed by atoms with Gasteiger partial charge in [-0.2, -0.15) is 0 Å². The first-order valence-corrected chi connectivity index (χ1v) is 24.9. The molecule has 4 nitrogen and oxygen atoms in total. The number of aryl methyl sites for hydroxylation is 2. The highest BCUT2D eigenvalue weighted by atomic mass is 16.3. The third-order valence-corrected chi connectivity index (χ3v) is 15.8. The highest BCUT2D eigenvalue weighted by Gasteiger charge is 2.31. The summed E-state index contributed by atoms with van der Waals surface area (Å²) < 4.78 is 13.8. The normalized spacial score (nSPS) is 14.9. The predicted molar refractivity (Wildman–Crippen MR) is 286 cm³/mol. The molecule has 0 amide bonds. The lowest BCUT2D eigenvalue weighted by molar-refractivity contribution is 0.668. The van der Waals surface area contributed by atoms with Crippen molar-refractivity contribution in [3.05, 3.63) is 192 Å². The number of benzene rings is 10. The lowest BCUT2D eigenvalue weighted by Crippen LogP contribution is -2.13. The van der Waals surface area contributed by atoms with Gasteiger partial charge >= 0.3 is 0 Å². The smallest absolute Gasteiger partial charge is 0.159 e. The molecule has 2 fully saturated rings. The Morgan fingerprint density at radius 2 is 0.750 bits per heavy atom. The molecule has 0 atom stereocenters. The van der Waals surface area contributed by atoms with Crippen LogP contribution in [-0.2, 0) is 0 Å². The Labute approximate surface area is 396 Å². The first kappa shape index (κ1) is 39.6. The Balaban J connectivity index is 1.12. The van der Waals surface area contributed by atoms with Gasteiger partial charge in [-0.15, -0.1) is 0 Å². The molecule has 2 saturated carbocycles. The van der Waals surface area contributed by atoms with E-state index < -0.39 is 0 Å². The summed E-state index contributed by atoms with van der Waals surface area (Å²) in [7, 11) is 0. The molecular formula is C64H52N2O2. The van der Waals surface area contributed by atoms with Crippen LogP contribution in [0.25, 0.3) is 76.2 Å². The van der Waals surface area contributed by atoms with E-state index >= 15 is 0 Å². The van der Waals surface area contributed by atoms with E-state index in [0.29, 0.717) is 11.8 Å². The molecule has 0 unspecified atom stereocenters. The number of para-hydroxylation sites is 4. The average Bonchev–Trinajstić information content (AvgIpc) is 4.22. The second-order valence-electron chi connectivity index (χ2n) is 19.9. The van der Waals surface area contributed by atoms with Crippen molar-refractivity contribution in [3.63, 3.8) is 0 Å². The first-order valence-electron chi connectivity index (χ1n) is 24.9. The van der Waals surface area contributed by atoms with Gasteiger partial charge in [0.1, 0.15) is 11.2 Å². The van der Waals surface area contributed by atoms with Gasteiger partial charge in [0.05, 0.1) is 22.7 Å². The van der Waals surface area contributed by atoms with Crippen molar-refractivity contribution < 1.29 is 8.83 Å². The van der Waals surface area contributed by atoms with Gasteiger partial charge in [-0.25, -0.2) is 0 Å². The van der Waals surface area contributed by atoms with E-state index in [1.165, 1.54) is 117 Å². The van der Waals surface area contributed by atoms with Crippen LogP contribution in [0.15, 0.2) is 179 Å². The van der Waals surface area contributed by atoms with Crippen LogP contribution in [0.5, 0.6) is 0 Å². The number of fused-ring (bicyclic) bond motifs is 6. The Morgan fingerprint density at radius 3 is 1.19 bits per heavy atom. The number of hydrogen-bond donors (Lipinski definition) is 0. The number of furan rings is 2. The highest BCUT2D eigenvalue weighted by Crippen LogP contribution is 2.55. The molecule has 14 rings (SSSR count). The minimum Gasteiger partial charge on any atom is -0.454 e. The fraction of sp³-hybridized carbons (Fsp3) is 0.188. The van der Waals surface area contributed by atoms with E-state index in [9.17, 15) is 0 Å². The topological polar surface area (TPSA) is 32.8 Å². The molecule has 330 valence electrons. The van der Waals surface area contributed by atoms with E-state index in [0.717, 1.165) is 66.6 Å². The quantitative estimate of drug-likeness (QED) is 0.142. The molecule has 2 heterocycles. The number of hydrogen-bond acceptors (Lipinski definition) is 4. The molecule has 2 aliphatic rings. The molecule has 2 aromatic heterocycles. The zero-order valence-corrected chi connectivity index (χ0v) is 38.7. The zero-order chi connectivity index (χ0) is 45.0. The summed E-state index contributed by atoms with van der Waals surface area (Å²) in [5.41, 5.74) is 15.7. The van der Waals surface area contributed by atoms with Crippen molar-refractivity contribution in [2.75, 3.05) is 9.80 Å². The van der Waals surface area contributed by atoms with Crippen LogP contribution >= 0.6 is 0 Å². The molecular weight excluding hydrogens is 829 g/mol. The van der Waals surface area contributed by atoms with Crippen molar-refractivity contribution in [1.29, 1.82) is 0 Å². The first-order chi connectivity index (χ1) is 33.6. The number of nitrogens with zero attached hydrogens (tertiary/aromatic N) is 2. The summed E-state index contributed by atoms with van der Waals surface area (Å²) >= 11 is 0. The number of rotatable bonds is 8. The summed E-state index contributed by atoms with van der Waals surface area (Å²) in [5, 5.41) is 12.5. The Morgan fingerprint density at radius 1 is 0.353 bits per heavy atom. The minimum atomic E-state index is 0.475. The lowest BCUT2D eigenvalue weighted by Gasteiger charge is -2.32. The maximum absolute atomic E-state index is 6.90. The summed E-state index contributed by atoms with van der Waals surface area (Å²) in [6.07, 6.45) is 9.85. The van der Waals surface area contributed by atoms with Crippen LogP contribution in [-0.4, -0.2) is 0 Å². The fourth-order valence-corrected chi connectivity index (χ4v) is 12.7. The van der Waals surface area contributed by atoms with Crippen molar-refractivity contribution >= 4 is 110 Å². The van der Waals surface area contributed by atoms with Crippen molar-refractivity contribution in [2.24, 2.45) is 0 Å². The highest BCUT2D eigenvalue weighted by molar-refractivity contribution is 6.30. The molecule has 4 heteroatoms. The summed E-state index contributed by atoms with van der Waals surface area (Å²) in [6.45, 7) is 4.41. The largest absolute Gasteiger partial charge is 0.454 e.